The SMILES string of the molecule is CN=C(NCCOc1cccc(C)c1)N1CCC(CC(=O)NC)CC1.I. The van der Waals surface area contributed by atoms with Crippen LogP contribution in [-0.4, -0.2) is 57.1 Å². The summed E-state index contributed by atoms with van der Waals surface area (Å²) in [6.07, 6.45) is 2.67. The summed E-state index contributed by atoms with van der Waals surface area (Å²) in [7, 11) is 3.50. The van der Waals surface area contributed by atoms with E-state index in [1.807, 2.05) is 18.2 Å². The summed E-state index contributed by atoms with van der Waals surface area (Å²) in [5.41, 5.74) is 1.20. The molecule has 2 N–H and O–H groups in total. The topological polar surface area (TPSA) is 66.0 Å². The predicted molar refractivity (Wildman–Crippen MR) is 116 cm³/mol. The van der Waals surface area contributed by atoms with Crippen molar-refractivity contribution >= 4 is 35.8 Å². The van der Waals surface area contributed by atoms with Crippen molar-refractivity contribution in [3.8, 4) is 5.75 Å². The summed E-state index contributed by atoms with van der Waals surface area (Å²) in [5.74, 6) is 2.41. The van der Waals surface area contributed by atoms with E-state index >= 15 is 0 Å². The quantitative estimate of drug-likeness (QED) is 0.288. The van der Waals surface area contributed by atoms with Crippen LogP contribution in [0.25, 0.3) is 0 Å². The molecule has 1 fully saturated rings. The van der Waals surface area contributed by atoms with Crippen molar-refractivity contribution in [2.45, 2.75) is 26.2 Å². The maximum Gasteiger partial charge on any atom is 0.220 e. The van der Waals surface area contributed by atoms with E-state index in [-0.39, 0.29) is 29.9 Å². The fraction of sp³-hybridized carbons (Fsp3) is 0.579. The third kappa shape index (κ3) is 7.39. The Morgan fingerprint density at radius 1 is 1.35 bits per heavy atom. The molecule has 1 heterocycles. The molecule has 2 rings (SSSR count). The standard InChI is InChI=1S/C19H30N4O2.HI/c1-15-5-4-6-17(13-15)25-12-9-22-19(21-3)23-10-7-16(8-11-23)14-18(24)20-2;/h4-6,13,16H,7-12,14H2,1-3H3,(H,20,24)(H,21,22);1H. The highest BCUT2D eigenvalue weighted by molar-refractivity contribution is 14.0. The first-order valence-electron chi connectivity index (χ1n) is 8.98. The largest absolute Gasteiger partial charge is 0.492 e. The monoisotopic (exact) mass is 474 g/mol. The number of aliphatic imine (C=N–C) groups is 1. The average Bonchev–Trinajstić information content (AvgIpc) is 2.63. The Labute approximate surface area is 173 Å². The summed E-state index contributed by atoms with van der Waals surface area (Å²) >= 11 is 0. The van der Waals surface area contributed by atoms with Gasteiger partial charge in [-0.2, -0.15) is 0 Å². The van der Waals surface area contributed by atoms with Crippen LogP contribution < -0.4 is 15.4 Å². The van der Waals surface area contributed by atoms with Crippen molar-refractivity contribution in [2.75, 3.05) is 40.3 Å². The number of amides is 1. The van der Waals surface area contributed by atoms with E-state index in [4.69, 9.17) is 4.74 Å². The van der Waals surface area contributed by atoms with Crippen LogP contribution in [0.15, 0.2) is 29.3 Å². The van der Waals surface area contributed by atoms with Gasteiger partial charge in [-0.1, -0.05) is 12.1 Å². The van der Waals surface area contributed by atoms with E-state index < -0.39 is 0 Å². The second kappa shape index (κ2) is 12.0. The molecular formula is C19H31IN4O2. The number of hydrogen-bond acceptors (Lipinski definition) is 3. The van der Waals surface area contributed by atoms with Crippen LogP contribution in [0.3, 0.4) is 0 Å². The lowest BCUT2D eigenvalue weighted by Gasteiger charge is -2.34. The number of nitrogens with one attached hydrogen (secondary N) is 2. The van der Waals surface area contributed by atoms with Crippen LogP contribution in [0.4, 0.5) is 0 Å². The third-order valence-corrected chi connectivity index (χ3v) is 4.52. The molecule has 1 aromatic rings. The highest BCUT2D eigenvalue weighted by Gasteiger charge is 2.22. The molecule has 1 amide bonds. The summed E-state index contributed by atoms with van der Waals surface area (Å²) in [4.78, 5) is 18.1. The van der Waals surface area contributed by atoms with Crippen LogP contribution in [0, 0.1) is 12.8 Å². The van der Waals surface area contributed by atoms with E-state index in [0.717, 1.165) is 37.6 Å². The number of likely N-dealkylation sites (tertiary alicyclic amines) is 1. The molecule has 1 aromatic carbocycles. The van der Waals surface area contributed by atoms with Gasteiger partial charge in [0.15, 0.2) is 5.96 Å². The van der Waals surface area contributed by atoms with Crippen molar-refractivity contribution < 1.29 is 9.53 Å². The molecule has 26 heavy (non-hydrogen) atoms. The number of guanidine groups is 1. The predicted octanol–water partition coefficient (Wildman–Crippen LogP) is 2.42. The minimum atomic E-state index is 0. The molecule has 1 aliphatic heterocycles. The Morgan fingerprint density at radius 3 is 2.69 bits per heavy atom. The molecular weight excluding hydrogens is 443 g/mol. The molecule has 0 radical (unpaired) electrons. The van der Waals surface area contributed by atoms with Gasteiger partial charge in [0.05, 0.1) is 6.54 Å². The van der Waals surface area contributed by atoms with E-state index in [0.29, 0.717) is 25.5 Å². The number of piperidine rings is 1. The van der Waals surface area contributed by atoms with Crippen molar-refractivity contribution in [3.05, 3.63) is 29.8 Å². The van der Waals surface area contributed by atoms with Gasteiger partial charge < -0.3 is 20.3 Å². The fourth-order valence-electron chi connectivity index (χ4n) is 3.08. The summed E-state index contributed by atoms with van der Waals surface area (Å²) < 4.78 is 5.76. The van der Waals surface area contributed by atoms with Gasteiger partial charge in [0.1, 0.15) is 12.4 Å². The van der Waals surface area contributed by atoms with E-state index in [9.17, 15) is 4.79 Å². The first-order valence-corrected chi connectivity index (χ1v) is 8.98. The van der Waals surface area contributed by atoms with Gasteiger partial charge >= 0.3 is 0 Å². The third-order valence-electron chi connectivity index (χ3n) is 4.52. The minimum Gasteiger partial charge on any atom is -0.492 e. The lowest BCUT2D eigenvalue weighted by atomic mass is 9.93. The number of benzene rings is 1. The van der Waals surface area contributed by atoms with Crippen LogP contribution in [-0.2, 0) is 4.79 Å². The Hall–Kier alpha value is -1.51. The number of ether oxygens (including phenoxy) is 1. The summed E-state index contributed by atoms with van der Waals surface area (Å²) in [5, 5.41) is 6.07. The first-order chi connectivity index (χ1) is 12.1. The molecule has 1 aliphatic rings. The Kier molecular flexibility index (Phi) is 10.4. The highest BCUT2D eigenvalue weighted by Crippen LogP contribution is 2.20. The molecule has 1 saturated heterocycles. The second-order valence-electron chi connectivity index (χ2n) is 6.45. The number of hydrogen-bond donors (Lipinski definition) is 2. The molecule has 0 saturated carbocycles. The molecule has 0 spiro atoms. The average molecular weight is 474 g/mol. The Bertz CT molecular complexity index is 587. The van der Waals surface area contributed by atoms with Gasteiger partial charge in [0, 0.05) is 33.6 Å². The first kappa shape index (κ1) is 22.5. The van der Waals surface area contributed by atoms with Gasteiger partial charge in [-0.15, -0.1) is 24.0 Å². The molecule has 0 bridgehead atoms. The molecule has 6 nitrogen and oxygen atoms in total. The van der Waals surface area contributed by atoms with Gasteiger partial charge in [0.2, 0.25) is 5.91 Å². The number of nitrogens with zero attached hydrogens (tertiary/aromatic N) is 2. The highest BCUT2D eigenvalue weighted by atomic mass is 127. The molecule has 0 aliphatic carbocycles. The normalized spacial score (nSPS) is 15.2. The Balaban J connectivity index is 0.00000338. The maximum atomic E-state index is 11.5. The lowest BCUT2D eigenvalue weighted by molar-refractivity contribution is -0.121. The van der Waals surface area contributed by atoms with Crippen LogP contribution in [0.1, 0.15) is 24.8 Å². The molecule has 0 aromatic heterocycles. The van der Waals surface area contributed by atoms with Crippen molar-refractivity contribution in [2.24, 2.45) is 10.9 Å². The zero-order valence-electron chi connectivity index (χ0n) is 16.0. The Morgan fingerprint density at radius 2 is 2.08 bits per heavy atom. The molecule has 0 unspecified atom stereocenters. The van der Waals surface area contributed by atoms with Crippen molar-refractivity contribution in [1.82, 2.24) is 15.5 Å². The van der Waals surface area contributed by atoms with E-state index in [1.54, 1.807) is 14.1 Å². The van der Waals surface area contributed by atoms with Gasteiger partial charge in [-0.05, 0) is 43.4 Å². The minimum absolute atomic E-state index is 0. The van der Waals surface area contributed by atoms with E-state index in [2.05, 4.69) is 33.5 Å². The van der Waals surface area contributed by atoms with Gasteiger partial charge in [0.25, 0.3) is 0 Å². The fourth-order valence-corrected chi connectivity index (χ4v) is 3.08. The molecule has 0 atom stereocenters. The number of rotatable bonds is 6. The second-order valence-corrected chi connectivity index (χ2v) is 6.45. The van der Waals surface area contributed by atoms with Crippen LogP contribution >= 0.6 is 24.0 Å². The number of carbonyl (C=O) groups is 1. The van der Waals surface area contributed by atoms with E-state index in [1.165, 1.54) is 5.56 Å². The smallest absolute Gasteiger partial charge is 0.220 e. The van der Waals surface area contributed by atoms with Gasteiger partial charge in [-0.3, -0.25) is 9.79 Å². The van der Waals surface area contributed by atoms with Crippen LogP contribution in [0.5, 0.6) is 5.75 Å². The number of aryl methyl sites for hydroxylation is 1. The zero-order chi connectivity index (χ0) is 18.1. The van der Waals surface area contributed by atoms with Crippen molar-refractivity contribution in [3.63, 3.8) is 0 Å². The van der Waals surface area contributed by atoms with Crippen LogP contribution in [0.2, 0.25) is 0 Å². The zero-order valence-corrected chi connectivity index (χ0v) is 18.3. The number of halogens is 1. The summed E-state index contributed by atoms with van der Waals surface area (Å²) in [6.45, 7) is 5.22. The van der Waals surface area contributed by atoms with Crippen molar-refractivity contribution in [1.29, 1.82) is 0 Å². The lowest BCUT2D eigenvalue weighted by Crippen LogP contribution is -2.46. The summed E-state index contributed by atoms with van der Waals surface area (Å²) in [6, 6.07) is 8.06. The number of carbonyl (C=O) groups excluding carboxylic acids is 1. The molecule has 7 heteroatoms. The molecule has 146 valence electrons. The van der Waals surface area contributed by atoms with Gasteiger partial charge in [-0.25, -0.2) is 0 Å². The maximum absolute atomic E-state index is 11.5.